The smallest absolute Gasteiger partial charge is 0.354 e. The summed E-state index contributed by atoms with van der Waals surface area (Å²) in [6.45, 7) is 1.69. The topological polar surface area (TPSA) is 112 Å². The van der Waals surface area contributed by atoms with Crippen molar-refractivity contribution in [3.05, 3.63) is 22.9 Å². The summed E-state index contributed by atoms with van der Waals surface area (Å²) < 4.78 is 5.33. The van der Waals surface area contributed by atoms with E-state index in [2.05, 4.69) is 15.2 Å². The summed E-state index contributed by atoms with van der Waals surface area (Å²) in [6, 6.07) is 0. The van der Waals surface area contributed by atoms with Crippen molar-refractivity contribution in [2.24, 2.45) is 0 Å². The fourth-order valence-electron chi connectivity index (χ4n) is 2.09. The molecule has 0 radical (unpaired) electrons. The molecule has 0 bridgehead atoms. The number of hydrogen-bond donors (Lipinski definition) is 3. The first kappa shape index (κ1) is 10.0. The number of oxazole rings is 1. The molecule has 2 heterocycles. The first-order valence-electron chi connectivity index (χ1n) is 5.04. The number of hydrogen-bond acceptors (Lipinski definition) is 5. The Morgan fingerprint density at radius 3 is 3.00 bits per heavy atom. The molecule has 2 aromatic heterocycles. The van der Waals surface area contributed by atoms with Crippen LogP contribution in [0.1, 0.15) is 33.8 Å². The quantitative estimate of drug-likeness (QED) is 0.669. The summed E-state index contributed by atoms with van der Waals surface area (Å²) in [4.78, 5) is 15.1. The van der Waals surface area contributed by atoms with Gasteiger partial charge in [-0.25, -0.2) is 9.78 Å². The zero-order chi connectivity index (χ0) is 12.2. The minimum absolute atomic E-state index is 0.0983. The molecule has 1 aliphatic carbocycles. The molecule has 0 amide bonds. The monoisotopic (exact) mass is 235 g/mol. The summed E-state index contributed by atoms with van der Waals surface area (Å²) >= 11 is 0. The van der Waals surface area contributed by atoms with Crippen molar-refractivity contribution >= 4 is 5.97 Å². The number of aromatic nitrogens is 3. The number of H-pyrrole nitrogens is 1. The highest BCUT2D eigenvalue weighted by molar-refractivity contribution is 5.90. The molecule has 1 atom stereocenters. The van der Waals surface area contributed by atoms with Crippen molar-refractivity contribution in [1.82, 2.24) is 15.2 Å². The van der Waals surface area contributed by atoms with Gasteiger partial charge in [-0.3, -0.25) is 5.10 Å². The van der Waals surface area contributed by atoms with Crippen molar-refractivity contribution in [1.29, 1.82) is 0 Å². The standard InChI is InChI=1S/C10H9N3O4/c1-3-11-7-5(17-3)2-4(14)6-8(7)12-13-9(6)10(15)16/h4,14H,2H2,1H3,(H,12,13)(H,15,16). The SMILES string of the molecule is Cc1nc2c(o1)CC(O)c1c-2n[nH]c1C(=O)O. The zero-order valence-electron chi connectivity index (χ0n) is 8.89. The first-order chi connectivity index (χ1) is 8.08. The van der Waals surface area contributed by atoms with Gasteiger partial charge in [0.2, 0.25) is 0 Å². The van der Waals surface area contributed by atoms with E-state index in [1.54, 1.807) is 6.92 Å². The van der Waals surface area contributed by atoms with Gasteiger partial charge in [0.15, 0.2) is 5.89 Å². The van der Waals surface area contributed by atoms with Gasteiger partial charge in [-0.2, -0.15) is 5.10 Å². The molecule has 0 saturated heterocycles. The van der Waals surface area contributed by atoms with Gasteiger partial charge in [-0.15, -0.1) is 0 Å². The molecular weight excluding hydrogens is 226 g/mol. The van der Waals surface area contributed by atoms with Gasteiger partial charge in [0.25, 0.3) is 0 Å². The van der Waals surface area contributed by atoms with Crippen molar-refractivity contribution in [3.63, 3.8) is 0 Å². The molecule has 3 rings (SSSR count). The van der Waals surface area contributed by atoms with E-state index in [1.165, 1.54) is 0 Å². The minimum Gasteiger partial charge on any atom is -0.477 e. The molecule has 7 nitrogen and oxygen atoms in total. The Morgan fingerprint density at radius 2 is 2.29 bits per heavy atom. The Kier molecular flexibility index (Phi) is 1.87. The maximum atomic E-state index is 11.0. The van der Waals surface area contributed by atoms with Gasteiger partial charge in [0.05, 0.1) is 6.10 Å². The van der Waals surface area contributed by atoms with Crippen LogP contribution in [-0.4, -0.2) is 31.4 Å². The van der Waals surface area contributed by atoms with Crippen molar-refractivity contribution in [3.8, 4) is 11.4 Å². The molecule has 0 fully saturated rings. The van der Waals surface area contributed by atoms with Crippen LogP contribution in [-0.2, 0) is 6.42 Å². The second-order valence-electron chi connectivity index (χ2n) is 3.89. The molecule has 0 aromatic carbocycles. The van der Waals surface area contributed by atoms with Crippen LogP contribution in [0.2, 0.25) is 0 Å². The number of aryl methyl sites for hydroxylation is 1. The fourth-order valence-corrected chi connectivity index (χ4v) is 2.09. The molecule has 1 unspecified atom stereocenters. The lowest BCUT2D eigenvalue weighted by Gasteiger charge is -2.15. The van der Waals surface area contributed by atoms with Crippen LogP contribution < -0.4 is 0 Å². The van der Waals surface area contributed by atoms with Gasteiger partial charge in [0, 0.05) is 18.9 Å². The minimum atomic E-state index is -1.15. The Labute approximate surface area is 95.1 Å². The fraction of sp³-hybridized carbons (Fsp3) is 0.300. The number of carboxylic acid groups (broad SMARTS) is 1. The van der Waals surface area contributed by atoms with Gasteiger partial charge in [0.1, 0.15) is 22.8 Å². The maximum absolute atomic E-state index is 11.0. The Bertz CT molecular complexity index is 613. The lowest BCUT2D eigenvalue weighted by Crippen LogP contribution is -2.12. The van der Waals surface area contributed by atoms with Gasteiger partial charge in [-0.05, 0) is 0 Å². The average molecular weight is 235 g/mol. The molecule has 0 aliphatic heterocycles. The third-order valence-corrected chi connectivity index (χ3v) is 2.76. The summed E-state index contributed by atoms with van der Waals surface area (Å²) in [6.07, 6.45) is -0.724. The second kappa shape index (κ2) is 3.17. The third-order valence-electron chi connectivity index (χ3n) is 2.76. The molecule has 2 aromatic rings. The highest BCUT2D eigenvalue weighted by Gasteiger charge is 2.34. The molecule has 3 N–H and O–H groups in total. The number of nitrogens with one attached hydrogen (secondary N) is 1. The average Bonchev–Trinajstić information content (AvgIpc) is 2.80. The third kappa shape index (κ3) is 1.29. The van der Waals surface area contributed by atoms with Crippen molar-refractivity contribution in [2.45, 2.75) is 19.4 Å². The number of aliphatic hydroxyl groups is 1. The molecule has 7 heteroatoms. The Morgan fingerprint density at radius 1 is 1.53 bits per heavy atom. The number of carbonyl (C=O) groups is 1. The van der Waals surface area contributed by atoms with Gasteiger partial charge < -0.3 is 14.6 Å². The number of carboxylic acids is 1. The molecular formula is C10H9N3O4. The van der Waals surface area contributed by atoms with E-state index in [4.69, 9.17) is 9.52 Å². The van der Waals surface area contributed by atoms with E-state index in [0.29, 0.717) is 23.0 Å². The number of aromatic carboxylic acids is 1. The lowest BCUT2D eigenvalue weighted by atomic mass is 9.94. The second-order valence-corrected chi connectivity index (χ2v) is 3.89. The Hall–Kier alpha value is -2.15. The maximum Gasteiger partial charge on any atom is 0.354 e. The van der Waals surface area contributed by atoms with E-state index in [-0.39, 0.29) is 17.7 Å². The van der Waals surface area contributed by atoms with Crippen LogP contribution >= 0.6 is 0 Å². The summed E-state index contributed by atoms with van der Waals surface area (Å²) in [7, 11) is 0. The van der Waals surface area contributed by atoms with Crippen LogP contribution in [0.3, 0.4) is 0 Å². The van der Waals surface area contributed by atoms with Crippen molar-refractivity contribution in [2.75, 3.05) is 0 Å². The zero-order valence-corrected chi connectivity index (χ0v) is 8.89. The summed E-state index contributed by atoms with van der Waals surface area (Å²) in [5, 5.41) is 25.2. The van der Waals surface area contributed by atoms with Crippen LogP contribution in [0, 0.1) is 6.92 Å². The van der Waals surface area contributed by atoms with E-state index in [1.807, 2.05) is 0 Å². The molecule has 17 heavy (non-hydrogen) atoms. The Balaban J connectivity index is 2.26. The van der Waals surface area contributed by atoms with E-state index in [9.17, 15) is 9.90 Å². The predicted octanol–water partition coefficient (Wildman–Crippen LogP) is 0.661. The lowest BCUT2D eigenvalue weighted by molar-refractivity contribution is 0.0681. The van der Waals surface area contributed by atoms with Gasteiger partial charge in [-0.1, -0.05) is 0 Å². The van der Waals surface area contributed by atoms with E-state index < -0.39 is 12.1 Å². The number of nitrogens with zero attached hydrogens (tertiary/aromatic N) is 2. The summed E-state index contributed by atoms with van der Waals surface area (Å²) in [5.41, 5.74) is 1.04. The van der Waals surface area contributed by atoms with Crippen LogP contribution in [0.15, 0.2) is 4.42 Å². The normalized spacial score (nSPS) is 17.6. The van der Waals surface area contributed by atoms with Gasteiger partial charge >= 0.3 is 5.97 Å². The number of rotatable bonds is 1. The highest BCUT2D eigenvalue weighted by atomic mass is 16.4. The number of aliphatic hydroxyl groups excluding tert-OH is 1. The summed E-state index contributed by atoms with van der Waals surface area (Å²) in [5.74, 6) is -0.151. The molecule has 1 aliphatic rings. The van der Waals surface area contributed by atoms with Crippen LogP contribution in [0.4, 0.5) is 0 Å². The largest absolute Gasteiger partial charge is 0.477 e. The molecule has 0 spiro atoms. The van der Waals surface area contributed by atoms with Crippen LogP contribution in [0.5, 0.6) is 0 Å². The first-order valence-corrected chi connectivity index (χ1v) is 5.04. The number of fused-ring (bicyclic) bond motifs is 3. The van der Waals surface area contributed by atoms with E-state index in [0.717, 1.165) is 0 Å². The van der Waals surface area contributed by atoms with Crippen molar-refractivity contribution < 1.29 is 19.4 Å². The highest BCUT2D eigenvalue weighted by Crippen LogP contribution is 2.38. The number of aromatic amines is 1. The predicted molar refractivity (Wildman–Crippen MR) is 54.4 cm³/mol. The molecule has 0 saturated carbocycles. The van der Waals surface area contributed by atoms with E-state index >= 15 is 0 Å². The van der Waals surface area contributed by atoms with Crippen LogP contribution in [0.25, 0.3) is 11.4 Å². The molecule has 88 valence electrons.